The molecule has 2 N–H and O–H groups in total. The zero-order valence-corrected chi connectivity index (χ0v) is 17.1. The number of unbranched alkanes of at least 4 members (excludes halogenated alkanes) is 3. The Labute approximate surface area is 165 Å². The lowest BCUT2D eigenvalue weighted by atomic mass is 9.64. The van der Waals surface area contributed by atoms with E-state index in [-0.39, 0.29) is 23.9 Å². The second-order valence-electron chi connectivity index (χ2n) is 8.32. The molecule has 0 amide bonds. The fourth-order valence-electron chi connectivity index (χ4n) is 4.85. The average molecular weight is 366 g/mol. The molecule has 5 atom stereocenters. The summed E-state index contributed by atoms with van der Waals surface area (Å²) in [6, 6.07) is 21.6. The van der Waals surface area contributed by atoms with Gasteiger partial charge in [-0.05, 0) is 17.5 Å². The van der Waals surface area contributed by atoms with E-state index in [2.05, 4.69) is 86.8 Å². The number of piperidine rings is 1. The highest BCUT2D eigenvalue weighted by Gasteiger charge is 2.50. The van der Waals surface area contributed by atoms with Gasteiger partial charge in [-0.3, -0.25) is 0 Å². The lowest BCUT2D eigenvalue weighted by molar-refractivity contribution is -0.117. The second kappa shape index (κ2) is 9.03. The van der Waals surface area contributed by atoms with E-state index >= 15 is 0 Å². The summed E-state index contributed by atoms with van der Waals surface area (Å²) in [7, 11) is 0. The third-order valence-corrected chi connectivity index (χ3v) is 6.68. The molecule has 0 aromatic heterocycles. The van der Waals surface area contributed by atoms with Crippen molar-refractivity contribution in [3.05, 3.63) is 71.8 Å². The molecular weight excluding hydrogens is 330 g/mol. The number of rotatable bonds is 7. The average Bonchev–Trinajstić information content (AvgIpc) is 2.71. The topological polar surface area (TPSA) is 32.3 Å². The van der Waals surface area contributed by atoms with E-state index in [4.69, 9.17) is 0 Å². The Hall–Kier alpha value is -1.64. The molecule has 27 heavy (non-hydrogen) atoms. The van der Waals surface area contributed by atoms with Crippen LogP contribution in [0.2, 0.25) is 0 Å². The van der Waals surface area contributed by atoms with Crippen molar-refractivity contribution in [2.75, 3.05) is 0 Å². The normalized spacial score (nSPS) is 31.0. The minimum atomic E-state index is -0.667. The Morgan fingerprint density at radius 1 is 0.778 bits per heavy atom. The number of hydrogen-bond donors (Lipinski definition) is 2. The van der Waals surface area contributed by atoms with Gasteiger partial charge in [-0.25, -0.2) is 0 Å². The van der Waals surface area contributed by atoms with Gasteiger partial charge in [0.25, 0.3) is 0 Å². The smallest absolute Gasteiger partial charge is 0.0734 e. The molecule has 2 aromatic carbocycles. The van der Waals surface area contributed by atoms with Crippen LogP contribution in [0.15, 0.2) is 60.7 Å². The lowest BCUT2D eigenvalue weighted by Crippen LogP contribution is -2.57. The number of nitrogens with one attached hydrogen (secondary N) is 1. The van der Waals surface area contributed by atoms with Crippen LogP contribution < -0.4 is 5.32 Å². The number of hydrogen-bond acceptors (Lipinski definition) is 2. The molecule has 0 aliphatic carbocycles. The Kier molecular flexibility index (Phi) is 6.73. The van der Waals surface area contributed by atoms with E-state index in [0.29, 0.717) is 0 Å². The van der Waals surface area contributed by atoms with Crippen molar-refractivity contribution in [3.8, 4) is 0 Å². The minimum absolute atomic E-state index is 0.156. The molecule has 0 saturated carbocycles. The van der Waals surface area contributed by atoms with E-state index in [1.807, 2.05) is 0 Å². The van der Waals surface area contributed by atoms with Crippen LogP contribution in [0, 0.1) is 11.8 Å². The highest BCUT2D eigenvalue weighted by atomic mass is 16.3. The van der Waals surface area contributed by atoms with Gasteiger partial charge in [-0.2, -0.15) is 0 Å². The molecule has 1 saturated heterocycles. The summed E-state index contributed by atoms with van der Waals surface area (Å²) >= 11 is 0. The van der Waals surface area contributed by atoms with Gasteiger partial charge in [0.05, 0.1) is 5.60 Å². The monoisotopic (exact) mass is 365 g/mol. The molecule has 2 heteroatoms. The van der Waals surface area contributed by atoms with Gasteiger partial charge in [0.15, 0.2) is 0 Å². The molecule has 1 fully saturated rings. The molecule has 2 nitrogen and oxygen atoms in total. The molecule has 1 aliphatic heterocycles. The van der Waals surface area contributed by atoms with E-state index < -0.39 is 5.60 Å². The van der Waals surface area contributed by atoms with Gasteiger partial charge in [0.2, 0.25) is 0 Å². The summed E-state index contributed by atoms with van der Waals surface area (Å²) in [6.45, 7) is 6.69. The molecule has 1 heterocycles. The minimum Gasteiger partial charge on any atom is -0.389 e. The molecular formula is C25H35NO. The summed E-state index contributed by atoms with van der Waals surface area (Å²) in [6.07, 6.45) is 5.66. The van der Waals surface area contributed by atoms with Crippen LogP contribution in [-0.2, 0) is 0 Å². The maximum atomic E-state index is 11.9. The quantitative estimate of drug-likeness (QED) is 0.586. The van der Waals surface area contributed by atoms with Crippen molar-refractivity contribution >= 4 is 0 Å². The molecule has 146 valence electrons. The predicted octanol–water partition coefficient (Wildman–Crippen LogP) is 6.05. The van der Waals surface area contributed by atoms with Crippen molar-refractivity contribution < 1.29 is 5.11 Å². The van der Waals surface area contributed by atoms with Crippen molar-refractivity contribution in [2.45, 2.75) is 70.6 Å². The Morgan fingerprint density at radius 3 is 1.70 bits per heavy atom. The molecule has 0 radical (unpaired) electrons. The highest BCUT2D eigenvalue weighted by molar-refractivity contribution is 5.27. The van der Waals surface area contributed by atoms with Gasteiger partial charge in [-0.1, -0.05) is 107 Å². The third kappa shape index (κ3) is 4.28. The fraction of sp³-hybridized carbons (Fsp3) is 0.520. The first-order valence-corrected chi connectivity index (χ1v) is 10.7. The van der Waals surface area contributed by atoms with E-state index in [1.54, 1.807) is 0 Å². The van der Waals surface area contributed by atoms with Crippen LogP contribution in [0.4, 0.5) is 0 Å². The highest BCUT2D eigenvalue weighted by Crippen LogP contribution is 2.48. The van der Waals surface area contributed by atoms with Gasteiger partial charge >= 0.3 is 0 Å². The Bertz CT molecular complexity index is 632. The van der Waals surface area contributed by atoms with Crippen LogP contribution in [0.25, 0.3) is 0 Å². The lowest BCUT2D eigenvalue weighted by Gasteiger charge is -2.52. The summed E-state index contributed by atoms with van der Waals surface area (Å²) < 4.78 is 0. The molecule has 1 unspecified atom stereocenters. The SMILES string of the molecule is CCCCCCC1(O)[C@H](C)[C@@H](c2ccccc2)N[C@H](c2ccccc2)[C@@H]1C. The van der Waals surface area contributed by atoms with Crippen LogP contribution in [0.3, 0.4) is 0 Å². The molecule has 0 spiro atoms. The first kappa shape index (κ1) is 20.1. The molecule has 1 aliphatic rings. The summed E-state index contributed by atoms with van der Waals surface area (Å²) in [4.78, 5) is 0. The standard InChI is InChI=1S/C25H35NO/c1-4-5-6-13-18-25(27)19(2)23(21-14-9-7-10-15-21)26-24(20(25)3)22-16-11-8-12-17-22/h7-12,14-17,19-20,23-24,26-27H,4-6,13,18H2,1-3H3/t19-,20+,23-,24-,25?/m0/s1. The van der Waals surface area contributed by atoms with Crippen molar-refractivity contribution in [3.63, 3.8) is 0 Å². The zero-order valence-electron chi connectivity index (χ0n) is 17.1. The maximum Gasteiger partial charge on any atom is 0.0734 e. The molecule has 3 rings (SSSR count). The van der Waals surface area contributed by atoms with Crippen LogP contribution in [0.5, 0.6) is 0 Å². The maximum absolute atomic E-state index is 11.9. The van der Waals surface area contributed by atoms with Crippen LogP contribution in [-0.4, -0.2) is 10.7 Å². The Balaban J connectivity index is 1.92. The van der Waals surface area contributed by atoms with Gasteiger partial charge in [0, 0.05) is 23.9 Å². The van der Waals surface area contributed by atoms with E-state index in [0.717, 1.165) is 12.8 Å². The van der Waals surface area contributed by atoms with Crippen molar-refractivity contribution in [2.24, 2.45) is 11.8 Å². The fourth-order valence-corrected chi connectivity index (χ4v) is 4.85. The van der Waals surface area contributed by atoms with Crippen LogP contribution >= 0.6 is 0 Å². The second-order valence-corrected chi connectivity index (χ2v) is 8.32. The number of benzene rings is 2. The molecule has 0 bridgehead atoms. The van der Waals surface area contributed by atoms with E-state index in [1.165, 1.54) is 30.4 Å². The van der Waals surface area contributed by atoms with E-state index in [9.17, 15) is 5.11 Å². The summed E-state index contributed by atoms with van der Waals surface area (Å²) in [5.74, 6) is 0.327. The Morgan fingerprint density at radius 2 is 1.26 bits per heavy atom. The van der Waals surface area contributed by atoms with Crippen LogP contribution in [0.1, 0.15) is 76.1 Å². The first-order chi connectivity index (χ1) is 13.1. The van der Waals surface area contributed by atoms with Gasteiger partial charge in [-0.15, -0.1) is 0 Å². The number of aliphatic hydroxyl groups is 1. The van der Waals surface area contributed by atoms with Gasteiger partial charge in [0.1, 0.15) is 0 Å². The zero-order chi connectivity index (χ0) is 19.3. The first-order valence-electron chi connectivity index (χ1n) is 10.7. The third-order valence-electron chi connectivity index (χ3n) is 6.68. The predicted molar refractivity (Wildman–Crippen MR) is 114 cm³/mol. The van der Waals surface area contributed by atoms with Crippen molar-refractivity contribution in [1.82, 2.24) is 5.32 Å². The largest absolute Gasteiger partial charge is 0.389 e. The summed E-state index contributed by atoms with van der Waals surface area (Å²) in [5, 5.41) is 15.8. The summed E-state index contributed by atoms with van der Waals surface area (Å²) in [5.41, 5.74) is 1.87. The molecule has 2 aromatic rings. The van der Waals surface area contributed by atoms with Gasteiger partial charge < -0.3 is 10.4 Å². The van der Waals surface area contributed by atoms with Crippen molar-refractivity contribution in [1.29, 1.82) is 0 Å².